The van der Waals surface area contributed by atoms with E-state index in [9.17, 15) is 14.7 Å². The standard InChI is InChI=1S/C20H28O6/c1-12-5-4-6-15(11-22)9-17-19(14(3)20(24)26-17)16(7-12)25-18(23)8-13(2)10-21/h5,9,13,16-17,19,21-22H,3-4,6-8,10-11H2,1-2H3/b12-5+,15-9-/t13?,16-,17+,19+/m0/s1. The third kappa shape index (κ3) is 5.05. The Kier molecular flexibility index (Phi) is 7.17. The monoisotopic (exact) mass is 364 g/mol. The van der Waals surface area contributed by atoms with E-state index in [1.54, 1.807) is 13.0 Å². The smallest absolute Gasteiger partial charge is 0.334 e. The van der Waals surface area contributed by atoms with Crippen molar-refractivity contribution >= 4 is 11.9 Å². The molecule has 0 radical (unpaired) electrons. The molecule has 2 N–H and O–H groups in total. The number of esters is 2. The van der Waals surface area contributed by atoms with E-state index in [1.165, 1.54) is 0 Å². The largest absolute Gasteiger partial charge is 0.461 e. The molecule has 1 heterocycles. The molecule has 0 bridgehead atoms. The first-order chi connectivity index (χ1) is 12.3. The van der Waals surface area contributed by atoms with Gasteiger partial charge in [0, 0.05) is 18.6 Å². The molecule has 0 amide bonds. The van der Waals surface area contributed by atoms with Crippen molar-refractivity contribution in [3.63, 3.8) is 0 Å². The van der Waals surface area contributed by atoms with E-state index in [2.05, 4.69) is 12.7 Å². The number of aliphatic hydroxyl groups excluding tert-OH is 2. The number of hydrogen-bond donors (Lipinski definition) is 2. The fourth-order valence-corrected chi connectivity index (χ4v) is 3.34. The molecular formula is C20H28O6. The molecule has 1 aliphatic carbocycles. The van der Waals surface area contributed by atoms with Gasteiger partial charge < -0.3 is 19.7 Å². The van der Waals surface area contributed by atoms with Crippen molar-refractivity contribution in [2.75, 3.05) is 13.2 Å². The molecule has 2 rings (SSSR count). The van der Waals surface area contributed by atoms with Gasteiger partial charge in [0.1, 0.15) is 12.2 Å². The molecule has 0 aromatic rings. The van der Waals surface area contributed by atoms with Gasteiger partial charge in [0.2, 0.25) is 0 Å². The van der Waals surface area contributed by atoms with Crippen LogP contribution in [0, 0.1) is 11.8 Å². The average molecular weight is 364 g/mol. The van der Waals surface area contributed by atoms with Gasteiger partial charge in [-0.1, -0.05) is 25.2 Å². The van der Waals surface area contributed by atoms with Crippen molar-refractivity contribution in [1.82, 2.24) is 0 Å². The summed E-state index contributed by atoms with van der Waals surface area (Å²) < 4.78 is 11.1. The molecule has 144 valence electrons. The molecule has 6 nitrogen and oxygen atoms in total. The number of hydrogen-bond acceptors (Lipinski definition) is 6. The third-order valence-electron chi connectivity index (χ3n) is 4.86. The number of aliphatic hydroxyl groups is 2. The molecule has 1 fully saturated rings. The van der Waals surface area contributed by atoms with Crippen molar-refractivity contribution in [2.45, 2.75) is 51.7 Å². The molecule has 4 atom stereocenters. The fraction of sp³-hybridized carbons (Fsp3) is 0.600. The van der Waals surface area contributed by atoms with Gasteiger partial charge in [0.05, 0.1) is 18.9 Å². The van der Waals surface area contributed by atoms with Crippen molar-refractivity contribution in [3.05, 3.63) is 35.5 Å². The summed E-state index contributed by atoms with van der Waals surface area (Å²) in [5.41, 5.74) is 2.11. The highest BCUT2D eigenvalue weighted by atomic mass is 16.6. The van der Waals surface area contributed by atoms with Crippen LogP contribution in [0.25, 0.3) is 0 Å². The zero-order chi connectivity index (χ0) is 19.3. The Hall–Kier alpha value is -1.92. The second-order valence-electron chi connectivity index (χ2n) is 7.22. The van der Waals surface area contributed by atoms with E-state index in [4.69, 9.17) is 14.6 Å². The Balaban J connectivity index is 2.30. The van der Waals surface area contributed by atoms with Crippen LogP contribution in [0.3, 0.4) is 0 Å². The van der Waals surface area contributed by atoms with Gasteiger partial charge in [-0.05, 0) is 37.3 Å². The lowest BCUT2D eigenvalue weighted by atomic mass is 9.85. The first-order valence-electron chi connectivity index (χ1n) is 9.01. The Morgan fingerprint density at radius 2 is 2.19 bits per heavy atom. The normalized spacial score (nSPS) is 31.8. The minimum atomic E-state index is -0.601. The van der Waals surface area contributed by atoms with Gasteiger partial charge >= 0.3 is 11.9 Å². The second-order valence-corrected chi connectivity index (χ2v) is 7.22. The van der Waals surface area contributed by atoms with Crippen LogP contribution in [-0.4, -0.2) is 47.6 Å². The van der Waals surface area contributed by atoms with E-state index in [1.807, 2.05) is 6.92 Å². The number of fused-ring (bicyclic) bond motifs is 1. The number of rotatable bonds is 5. The maximum atomic E-state index is 12.3. The van der Waals surface area contributed by atoms with Gasteiger partial charge in [-0.25, -0.2) is 4.79 Å². The maximum absolute atomic E-state index is 12.3. The lowest BCUT2D eigenvalue weighted by Crippen LogP contribution is -2.34. The molecule has 1 unspecified atom stereocenters. The molecular weight excluding hydrogens is 336 g/mol. The highest BCUT2D eigenvalue weighted by Gasteiger charge is 2.44. The molecule has 26 heavy (non-hydrogen) atoms. The number of carbonyl (C=O) groups is 2. The number of allylic oxidation sites excluding steroid dienone is 1. The van der Waals surface area contributed by atoms with Crippen LogP contribution in [0.15, 0.2) is 35.5 Å². The number of carbonyl (C=O) groups excluding carboxylic acids is 2. The molecule has 0 aromatic heterocycles. The predicted molar refractivity (Wildman–Crippen MR) is 96.0 cm³/mol. The molecule has 0 aromatic carbocycles. The van der Waals surface area contributed by atoms with E-state index < -0.39 is 30.1 Å². The molecule has 0 spiro atoms. The minimum Gasteiger partial charge on any atom is -0.461 e. The van der Waals surface area contributed by atoms with Gasteiger partial charge in [0.25, 0.3) is 0 Å². The molecule has 1 saturated heterocycles. The summed E-state index contributed by atoms with van der Waals surface area (Å²) in [6, 6.07) is 0. The van der Waals surface area contributed by atoms with Gasteiger partial charge in [-0.3, -0.25) is 4.79 Å². The highest BCUT2D eigenvalue weighted by Crippen LogP contribution is 2.36. The third-order valence-corrected chi connectivity index (χ3v) is 4.86. The second kappa shape index (κ2) is 9.14. The molecule has 1 aliphatic heterocycles. The summed E-state index contributed by atoms with van der Waals surface area (Å²) in [5, 5.41) is 18.7. The summed E-state index contributed by atoms with van der Waals surface area (Å²) >= 11 is 0. The van der Waals surface area contributed by atoms with E-state index >= 15 is 0 Å². The van der Waals surface area contributed by atoms with Crippen molar-refractivity contribution in [1.29, 1.82) is 0 Å². The van der Waals surface area contributed by atoms with Gasteiger partial charge in [-0.15, -0.1) is 0 Å². The molecule has 6 heteroatoms. The van der Waals surface area contributed by atoms with Crippen LogP contribution in [0.2, 0.25) is 0 Å². The number of ether oxygens (including phenoxy) is 2. The zero-order valence-electron chi connectivity index (χ0n) is 15.4. The van der Waals surface area contributed by atoms with E-state index in [0.29, 0.717) is 12.8 Å². The van der Waals surface area contributed by atoms with Gasteiger partial charge in [0.15, 0.2) is 0 Å². The van der Waals surface area contributed by atoms with Gasteiger partial charge in [-0.2, -0.15) is 0 Å². The zero-order valence-corrected chi connectivity index (χ0v) is 15.4. The molecule has 0 saturated carbocycles. The lowest BCUT2D eigenvalue weighted by molar-refractivity contribution is -0.153. The van der Waals surface area contributed by atoms with E-state index in [0.717, 1.165) is 17.6 Å². The fourth-order valence-electron chi connectivity index (χ4n) is 3.34. The first kappa shape index (κ1) is 20.4. The van der Waals surface area contributed by atoms with Crippen LogP contribution in [0.1, 0.15) is 39.5 Å². The summed E-state index contributed by atoms with van der Waals surface area (Å²) in [6.45, 7) is 7.35. The summed E-state index contributed by atoms with van der Waals surface area (Å²) in [4.78, 5) is 24.3. The molecule has 2 aliphatic rings. The summed E-state index contributed by atoms with van der Waals surface area (Å²) in [6.07, 6.45) is 4.66. The maximum Gasteiger partial charge on any atom is 0.334 e. The minimum absolute atomic E-state index is 0.0956. The lowest BCUT2D eigenvalue weighted by Gasteiger charge is -2.27. The van der Waals surface area contributed by atoms with Crippen LogP contribution in [0.5, 0.6) is 0 Å². The van der Waals surface area contributed by atoms with Crippen LogP contribution in [0.4, 0.5) is 0 Å². The van der Waals surface area contributed by atoms with Crippen LogP contribution in [-0.2, 0) is 19.1 Å². The topological polar surface area (TPSA) is 93.1 Å². The summed E-state index contributed by atoms with van der Waals surface area (Å²) in [7, 11) is 0. The first-order valence-corrected chi connectivity index (χ1v) is 9.01. The Morgan fingerprint density at radius 3 is 2.85 bits per heavy atom. The summed E-state index contributed by atoms with van der Waals surface area (Å²) in [5.74, 6) is -1.60. The highest BCUT2D eigenvalue weighted by molar-refractivity contribution is 5.91. The van der Waals surface area contributed by atoms with Crippen LogP contribution < -0.4 is 0 Å². The predicted octanol–water partition coefficient (Wildman–Crippen LogP) is 2.06. The Bertz CT molecular complexity index is 618. The van der Waals surface area contributed by atoms with Crippen molar-refractivity contribution in [2.24, 2.45) is 11.8 Å². The Morgan fingerprint density at radius 1 is 1.46 bits per heavy atom. The van der Waals surface area contributed by atoms with Crippen molar-refractivity contribution in [3.8, 4) is 0 Å². The average Bonchev–Trinajstić information content (AvgIpc) is 2.86. The van der Waals surface area contributed by atoms with E-state index in [-0.39, 0.29) is 31.1 Å². The van der Waals surface area contributed by atoms with Crippen molar-refractivity contribution < 1.29 is 29.3 Å². The quantitative estimate of drug-likeness (QED) is 0.441. The Labute approximate surface area is 154 Å². The van der Waals surface area contributed by atoms with Crippen LogP contribution >= 0.6 is 0 Å². The SMILES string of the molecule is C=C1C(=O)O[C@@H]2/C=C(\CO)CC/C=C(\C)C[C@H](OC(=O)CC(C)CO)[C@@H]12.